The molecular weight excluding hydrogens is 461 g/mol. The van der Waals surface area contributed by atoms with E-state index >= 15 is 0 Å². The fraction of sp³-hybridized carbons (Fsp3) is 0.462. The monoisotopic (exact) mass is 497 g/mol. The molecule has 2 fully saturated rings. The average Bonchev–Trinajstić information content (AvgIpc) is 2.90. The van der Waals surface area contributed by atoms with Crippen LogP contribution in [-0.2, 0) is 0 Å². The highest BCUT2D eigenvalue weighted by molar-refractivity contribution is 5.78. The summed E-state index contributed by atoms with van der Waals surface area (Å²) in [4.78, 5) is 19.0. The number of halogens is 1. The number of likely N-dealkylation sites (tertiary alicyclic amines) is 1. The van der Waals surface area contributed by atoms with Crippen molar-refractivity contribution in [1.29, 1.82) is 0 Å². The van der Waals surface area contributed by atoms with E-state index in [0.29, 0.717) is 41.8 Å². The van der Waals surface area contributed by atoms with E-state index in [1.54, 1.807) is 24.4 Å². The fourth-order valence-corrected chi connectivity index (χ4v) is 4.86. The number of aliphatic hydroxyl groups is 1. The first-order valence-corrected chi connectivity index (χ1v) is 12.7. The molecule has 0 spiro atoms. The summed E-state index contributed by atoms with van der Waals surface area (Å²) in [6.45, 7) is 1.39. The van der Waals surface area contributed by atoms with Gasteiger partial charge in [0.15, 0.2) is 6.29 Å². The van der Waals surface area contributed by atoms with Crippen LogP contribution in [0, 0.1) is 5.82 Å². The van der Waals surface area contributed by atoms with Gasteiger partial charge in [0.25, 0.3) is 0 Å². The summed E-state index contributed by atoms with van der Waals surface area (Å²) < 4.78 is 13.4. The molecule has 1 aromatic rings. The molecular formula is C26H36FN7O2. The van der Waals surface area contributed by atoms with Crippen molar-refractivity contribution in [2.45, 2.75) is 63.3 Å². The molecule has 0 bridgehead atoms. The minimum atomic E-state index is -0.381. The average molecular weight is 498 g/mol. The van der Waals surface area contributed by atoms with Crippen molar-refractivity contribution in [3.8, 4) is 0 Å². The number of piperidine rings is 1. The summed E-state index contributed by atoms with van der Waals surface area (Å²) in [5.74, 6) is -0.347. The van der Waals surface area contributed by atoms with E-state index in [1.165, 1.54) is 37.6 Å². The molecule has 3 aliphatic rings. The lowest BCUT2D eigenvalue weighted by atomic mass is 9.95. The number of rotatable bonds is 7. The van der Waals surface area contributed by atoms with Gasteiger partial charge in [-0.3, -0.25) is 10.3 Å². The zero-order chi connectivity index (χ0) is 25.3. The molecule has 0 radical (unpaired) electrons. The molecule has 1 saturated carbocycles. The second-order valence-electron chi connectivity index (χ2n) is 9.39. The molecule has 194 valence electrons. The van der Waals surface area contributed by atoms with Crippen LogP contribution >= 0.6 is 0 Å². The summed E-state index contributed by atoms with van der Waals surface area (Å²) in [7, 11) is 0. The van der Waals surface area contributed by atoms with E-state index in [-0.39, 0.29) is 24.2 Å². The van der Waals surface area contributed by atoms with Crippen molar-refractivity contribution >= 4 is 17.9 Å². The number of nitrogens with zero attached hydrogens (tertiary/aromatic N) is 2. The number of allylic oxidation sites excluding steroid dienone is 1. The van der Waals surface area contributed by atoms with Gasteiger partial charge in [-0.15, -0.1) is 0 Å². The van der Waals surface area contributed by atoms with Crippen LogP contribution in [0.15, 0.2) is 59.2 Å². The van der Waals surface area contributed by atoms with Gasteiger partial charge in [0.05, 0.1) is 23.4 Å². The maximum absolute atomic E-state index is 13.4. The Labute approximate surface area is 211 Å². The van der Waals surface area contributed by atoms with Crippen LogP contribution in [0.5, 0.6) is 0 Å². The Balaban J connectivity index is 1.33. The Hall–Kier alpha value is -3.53. The number of aliphatic imine (C=N–C) groups is 1. The molecule has 0 aromatic heterocycles. The molecule has 9 nitrogen and oxygen atoms in total. The van der Waals surface area contributed by atoms with Crippen LogP contribution in [0.2, 0.25) is 0 Å². The topological polar surface area (TPSA) is 127 Å². The molecule has 4 rings (SSSR count). The molecule has 1 aromatic carbocycles. The summed E-state index contributed by atoms with van der Waals surface area (Å²) >= 11 is 0. The Kier molecular flexibility index (Phi) is 8.83. The van der Waals surface area contributed by atoms with Gasteiger partial charge in [-0.1, -0.05) is 19.3 Å². The number of carbonyl (C=O) groups excluding carboxylic acids is 1. The molecule has 10 heteroatoms. The number of benzene rings is 1. The maximum atomic E-state index is 13.4. The number of amides is 2. The highest BCUT2D eigenvalue weighted by Crippen LogP contribution is 2.20. The highest BCUT2D eigenvalue weighted by Gasteiger charge is 2.27. The summed E-state index contributed by atoms with van der Waals surface area (Å²) in [6, 6.07) is 6.45. The first-order valence-electron chi connectivity index (χ1n) is 12.7. The van der Waals surface area contributed by atoms with Crippen LogP contribution in [0.3, 0.4) is 0 Å². The second kappa shape index (κ2) is 12.4. The standard InChI is InChI=1S/C26H36FN7O2/c27-19-8-6-18(7-9-19)23(28)24(29-14-17-35)22-10-13-30-25(33-22)31-21-11-15-34(16-12-21)26(36)32-20-4-2-1-3-5-20/h6-10,13-14,17,20-21,25,29,31,33,35H,1-5,11-12,15-16,28H2,(H,32,36)/b17-14-,24-23-. The second-order valence-corrected chi connectivity index (χ2v) is 9.39. The van der Waals surface area contributed by atoms with Crippen LogP contribution < -0.4 is 27.0 Å². The molecule has 2 aliphatic heterocycles. The third kappa shape index (κ3) is 6.78. The Morgan fingerprint density at radius 1 is 1.11 bits per heavy atom. The number of nitrogens with one attached hydrogen (secondary N) is 4. The molecule has 7 N–H and O–H groups in total. The number of nitrogens with two attached hydrogens (primary N) is 1. The van der Waals surface area contributed by atoms with Gasteiger partial charge in [0.1, 0.15) is 5.82 Å². The first kappa shape index (κ1) is 25.6. The Morgan fingerprint density at radius 2 is 1.83 bits per heavy atom. The SMILES string of the molecule is N/C(=C(\N/C=C\O)C1=CC=NC(NC2CCN(C(=O)NC3CCCCC3)CC2)N1)c1ccc(F)cc1. The first-order chi connectivity index (χ1) is 17.5. The Morgan fingerprint density at radius 3 is 2.53 bits per heavy atom. The zero-order valence-corrected chi connectivity index (χ0v) is 20.4. The van der Waals surface area contributed by atoms with E-state index < -0.39 is 0 Å². The van der Waals surface area contributed by atoms with Crippen LogP contribution in [0.1, 0.15) is 50.5 Å². The zero-order valence-electron chi connectivity index (χ0n) is 20.4. The van der Waals surface area contributed by atoms with E-state index in [4.69, 9.17) is 10.8 Å². The van der Waals surface area contributed by atoms with E-state index in [0.717, 1.165) is 31.9 Å². The molecule has 1 unspecified atom stereocenters. The van der Waals surface area contributed by atoms with E-state index in [9.17, 15) is 9.18 Å². The third-order valence-electron chi connectivity index (χ3n) is 6.87. The number of urea groups is 1. The van der Waals surface area contributed by atoms with Crippen LogP contribution in [0.4, 0.5) is 9.18 Å². The predicted octanol–water partition coefficient (Wildman–Crippen LogP) is 3.01. The molecule has 1 atom stereocenters. The number of hydrogen-bond acceptors (Lipinski definition) is 7. The largest absolute Gasteiger partial charge is 0.514 e. The lowest BCUT2D eigenvalue weighted by Gasteiger charge is -2.36. The summed E-state index contributed by atoms with van der Waals surface area (Å²) in [5, 5.41) is 22.2. The maximum Gasteiger partial charge on any atom is 0.317 e. The van der Waals surface area contributed by atoms with Crippen molar-refractivity contribution in [2.75, 3.05) is 13.1 Å². The number of carbonyl (C=O) groups is 1. The van der Waals surface area contributed by atoms with Gasteiger partial charge in [-0.2, -0.15) is 0 Å². The van der Waals surface area contributed by atoms with Crippen molar-refractivity contribution in [3.05, 3.63) is 65.6 Å². The van der Waals surface area contributed by atoms with E-state index in [1.807, 2.05) is 4.90 Å². The lowest BCUT2D eigenvalue weighted by molar-refractivity contribution is 0.167. The van der Waals surface area contributed by atoms with Crippen LogP contribution in [-0.4, -0.2) is 53.7 Å². The molecule has 2 heterocycles. The normalized spacial score (nSPS) is 22.1. The summed E-state index contributed by atoms with van der Waals surface area (Å²) in [5.41, 5.74) is 8.62. The number of aliphatic hydroxyl groups excluding tert-OH is 1. The molecule has 1 aliphatic carbocycles. The molecule has 36 heavy (non-hydrogen) atoms. The van der Waals surface area contributed by atoms with Crippen molar-refractivity contribution < 1.29 is 14.3 Å². The van der Waals surface area contributed by atoms with Gasteiger partial charge < -0.3 is 31.7 Å². The van der Waals surface area contributed by atoms with E-state index in [2.05, 4.69) is 26.3 Å². The molecule has 1 saturated heterocycles. The van der Waals surface area contributed by atoms with Crippen molar-refractivity contribution in [3.63, 3.8) is 0 Å². The van der Waals surface area contributed by atoms with Crippen molar-refractivity contribution in [2.24, 2.45) is 10.7 Å². The minimum Gasteiger partial charge on any atom is -0.514 e. The fourth-order valence-electron chi connectivity index (χ4n) is 4.86. The van der Waals surface area contributed by atoms with Gasteiger partial charge in [0, 0.05) is 37.6 Å². The minimum absolute atomic E-state index is 0.0495. The van der Waals surface area contributed by atoms with Gasteiger partial charge in [-0.25, -0.2) is 9.18 Å². The van der Waals surface area contributed by atoms with Gasteiger partial charge in [0.2, 0.25) is 0 Å². The highest BCUT2D eigenvalue weighted by atomic mass is 19.1. The van der Waals surface area contributed by atoms with Crippen molar-refractivity contribution in [1.82, 2.24) is 26.2 Å². The Bertz CT molecular complexity index is 1010. The number of hydrogen-bond donors (Lipinski definition) is 6. The quantitative estimate of drug-likeness (QED) is 0.322. The molecule has 2 amide bonds. The lowest BCUT2D eigenvalue weighted by Crippen LogP contribution is -2.54. The summed E-state index contributed by atoms with van der Waals surface area (Å²) in [6.07, 6.45) is 12.8. The predicted molar refractivity (Wildman–Crippen MR) is 139 cm³/mol. The van der Waals surface area contributed by atoms with Gasteiger partial charge in [-0.05, 0) is 61.6 Å². The third-order valence-corrected chi connectivity index (χ3v) is 6.87. The van der Waals surface area contributed by atoms with Gasteiger partial charge >= 0.3 is 6.03 Å². The smallest absolute Gasteiger partial charge is 0.317 e. The van der Waals surface area contributed by atoms with Crippen LogP contribution in [0.25, 0.3) is 5.70 Å².